The molecule has 1 aliphatic rings. The molecule has 1 fully saturated rings. The van der Waals surface area contributed by atoms with Crippen LogP contribution in [0.15, 0.2) is 36.5 Å². The summed E-state index contributed by atoms with van der Waals surface area (Å²) in [6, 6.07) is 9.43. The largest absolute Gasteiger partial charge is 0.396 e. The summed E-state index contributed by atoms with van der Waals surface area (Å²) in [7, 11) is 0. The molecule has 0 aliphatic heterocycles. The van der Waals surface area contributed by atoms with E-state index in [0.29, 0.717) is 12.8 Å². The third-order valence-corrected chi connectivity index (χ3v) is 4.32. The van der Waals surface area contributed by atoms with Crippen LogP contribution in [0.3, 0.4) is 0 Å². The van der Waals surface area contributed by atoms with Crippen molar-refractivity contribution >= 4 is 0 Å². The molecule has 1 heterocycles. The quantitative estimate of drug-likeness (QED) is 0.767. The zero-order chi connectivity index (χ0) is 14.9. The fraction of sp³-hybridized carbons (Fsp3) is 0.467. The van der Waals surface area contributed by atoms with E-state index in [9.17, 15) is 15.3 Å². The van der Waals surface area contributed by atoms with Crippen LogP contribution in [-0.4, -0.2) is 49.6 Å². The topological polar surface area (TPSA) is 91.4 Å². The Bertz CT molecular complexity index is 595. The third kappa shape index (κ3) is 2.57. The van der Waals surface area contributed by atoms with Crippen LogP contribution < -0.4 is 0 Å². The van der Waals surface area contributed by atoms with E-state index in [-0.39, 0.29) is 19.3 Å². The fourth-order valence-corrected chi connectivity index (χ4v) is 3.00. The lowest BCUT2D eigenvalue weighted by atomic mass is 9.88. The molecular formula is C15H19N3O3. The molecule has 0 amide bonds. The van der Waals surface area contributed by atoms with Crippen LogP contribution in [0.4, 0.5) is 0 Å². The second-order valence-electron chi connectivity index (χ2n) is 5.81. The molecule has 0 radical (unpaired) electrons. The van der Waals surface area contributed by atoms with E-state index in [0.717, 1.165) is 11.3 Å². The van der Waals surface area contributed by atoms with Crippen LogP contribution in [-0.2, 0) is 0 Å². The Morgan fingerprint density at radius 1 is 1.14 bits per heavy atom. The van der Waals surface area contributed by atoms with Gasteiger partial charge in [0.15, 0.2) is 0 Å². The van der Waals surface area contributed by atoms with Crippen molar-refractivity contribution < 1.29 is 15.3 Å². The second kappa shape index (κ2) is 5.55. The normalized spacial score (nSPS) is 24.3. The number of aromatic nitrogens is 3. The van der Waals surface area contributed by atoms with Crippen molar-refractivity contribution in [3.05, 3.63) is 36.5 Å². The van der Waals surface area contributed by atoms with Crippen molar-refractivity contribution in [1.29, 1.82) is 0 Å². The molecule has 3 N–H and O–H groups in total. The van der Waals surface area contributed by atoms with E-state index in [1.54, 1.807) is 10.9 Å². The molecule has 3 rings (SSSR count). The van der Waals surface area contributed by atoms with Crippen molar-refractivity contribution in [2.24, 2.45) is 5.41 Å². The lowest BCUT2D eigenvalue weighted by Gasteiger charge is -2.23. The van der Waals surface area contributed by atoms with Gasteiger partial charge in [0.25, 0.3) is 0 Å². The number of rotatable bonds is 4. The highest BCUT2D eigenvalue weighted by atomic mass is 16.3. The molecule has 0 unspecified atom stereocenters. The van der Waals surface area contributed by atoms with Crippen LogP contribution in [0.2, 0.25) is 0 Å². The van der Waals surface area contributed by atoms with Gasteiger partial charge in [-0.05, 0) is 12.8 Å². The van der Waals surface area contributed by atoms with Crippen LogP contribution in [0.25, 0.3) is 11.3 Å². The van der Waals surface area contributed by atoms with Crippen molar-refractivity contribution in [2.45, 2.75) is 25.0 Å². The highest BCUT2D eigenvalue weighted by Crippen LogP contribution is 2.43. The molecule has 6 nitrogen and oxygen atoms in total. The molecule has 1 saturated carbocycles. The molecule has 0 bridgehead atoms. The molecule has 1 aromatic heterocycles. The number of hydrogen-bond acceptors (Lipinski definition) is 5. The molecule has 112 valence electrons. The Balaban J connectivity index is 1.84. The van der Waals surface area contributed by atoms with Crippen LogP contribution in [0.5, 0.6) is 0 Å². The number of hydrogen-bond donors (Lipinski definition) is 3. The Hall–Kier alpha value is -1.76. The second-order valence-corrected chi connectivity index (χ2v) is 5.81. The predicted molar refractivity (Wildman–Crippen MR) is 76.3 cm³/mol. The van der Waals surface area contributed by atoms with Crippen molar-refractivity contribution in [3.63, 3.8) is 0 Å². The summed E-state index contributed by atoms with van der Waals surface area (Å²) in [6.07, 6.45) is 2.01. The summed E-state index contributed by atoms with van der Waals surface area (Å²) in [5.41, 5.74) is 1.07. The number of benzene rings is 1. The molecule has 1 aliphatic carbocycles. The number of nitrogens with zero attached hydrogens (tertiary/aromatic N) is 3. The van der Waals surface area contributed by atoms with Gasteiger partial charge in [-0.3, -0.25) is 0 Å². The summed E-state index contributed by atoms with van der Waals surface area (Å²) >= 11 is 0. The smallest absolute Gasteiger partial charge is 0.113 e. The Labute approximate surface area is 122 Å². The molecule has 0 saturated heterocycles. The zero-order valence-corrected chi connectivity index (χ0v) is 11.6. The van der Waals surface area contributed by atoms with Gasteiger partial charge >= 0.3 is 0 Å². The highest BCUT2D eigenvalue weighted by Gasteiger charge is 2.45. The van der Waals surface area contributed by atoms with E-state index in [4.69, 9.17) is 0 Å². The van der Waals surface area contributed by atoms with Gasteiger partial charge in [0.05, 0.1) is 31.6 Å². The van der Waals surface area contributed by atoms with Gasteiger partial charge in [-0.1, -0.05) is 35.5 Å². The van der Waals surface area contributed by atoms with E-state index in [2.05, 4.69) is 10.3 Å². The number of aliphatic hydroxyl groups is 3. The van der Waals surface area contributed by atoms with Crippen LogP contribution in [0, 0.1) is 5.41 Å². The first kappa shape index (κ1) is 14.2. The Morgan fingerprint density at radius 3 is 2.48 bits per heavy atom. The van der Waals surface area contributed by atoms with E-state index in [1.807, 2.05) is 30.3 Å². The predicted octanol–water partition coefficient (Wildman–Crippen LogP) is 0.612. The minimum Gasteiger partial charge on any atom is -0.396 e. The first-order valence-electron chi connectivity index (χ1n) is 7.04. The Kier molecular flexibility index (Phi) is 3.75. The molecule has 1 aromatic carbocycles. The van der Waals surface area contributed by atoms with E-state index < -0.39 is 11.5 Å². The highest BCUT2D eigenvalue weighted by molar-refractivity contribution is 5.57. The average molecular weight is 289 g/mol. The summed E-state index contributed by atoms with van der Waals surface area (Å²) in [5.74, 6) is 0. The zero-order valence-electron chi connectivity index (χ0n) is 11.6. The van der Waals surface area contributed by atoms with Gasteiger partial charge < -0.3 is 15.3 Å². The standard InChI is InChI=1S/C15H19N3O3/c19-9-15(10-20)6-13(14(21)7-15)18-8-12(16-17-18)11-4-2-1-3-5-11/h1-5,8,13-14,19-21H,6-7,9-10H2/t13-,14-/m1/s1. The lowest BCUT2D eigenvalue weighted by Crippen LogP contribution is -2.27. The van der Waals surface area contributed by atoms with Gasteiger partial charge in [-0.25, -0.2) is 4.68 Å². The van der Waals surface area contributed by atoms with Gasteiger partial charge in [-0.15, -0.1) is 5.10 Å². The van der Waals surface area contributed by atoms with Gasteiger partial charge in [0.2, 0.25) is 0 Å². The molecular weight excluding hydrogens is 270 g/mol. The molecule has 21 heavy (non-hydrogen) atoms. The maximum Gasteiger partial charge on any atom is 0.113 e. The Morgan fingerprint density at radius 2 is 1.86 bits per heavy atom. The number of aliphatic hydroxyl groups excluding tert-OH is 3. The summed E-state index contributed by atoms with van der Waals surface area (Å²) in [5, 5.41) is 37.4. The summed E-state index contributed by atoms with van der Waals surface area (Å²) < 4.78 is 1.64. The summed E-state index contributed by atoms with van der Waals surface area (Å²) in [6.45, 7) is -0.283. The van der Waals surface area contributed by atoms with Crippen LogP contribution >= 0.6 is 0 Å². The lowest BCUT2D eigenvalue weighted by molar-refractivity contribution is 0.0466. The SMILES string of the molecule is OCC1(CO)C[C@@H](O)[C@H](n2cc(-c3ccccc3)nn2)C1. The van der Waals surface area contributed by atoms with Gasteiger partial charge in [-0.2, -0.15) is 0 Å². The monoisotopic (exact) mass is 289 g/mol. The first-order chi connectivity index (χ1) is 10.2. The molecule has 6 heteroatoms. The molecule has 2 atom stereocenters. The third-order valence-electron chi connectivity index (χ3n) is 4.32. The molecule has 2 aromatic rings. The van der Waals surface area contributed by atoms with Crippen molar-refractivity contribution in [1.82, 2.24) is 15.0 Å². The minimum absolute atomic E-state index is 0.142. The molecule has 0 spiro atoms. The average Bonchev–Trinajstić information content (AvgIpc) is 3.13. The van der Waals surface area contributed by atoms with Gasteiger partial charge in [0.1, 0.15) is 5.69 Å². The maximum absolute atomic E-state index is 10.2. The van der Waals surface area contributed by atoms with Crippen LogP contribution in [0.1, 0.15) is 18.9 Å². The van der Waals surface area contributed by atoms with E-state index in [1.165, 1.54) is 0 Å². The summed E-state index contributed by atoms with van der Waals surface area (Å²) in [4.78, 5) is 0. The fourth-order valence-electron chi connectivity index (χ4n) is 3.00. The van der Waals surface area contributed by atoms with Gasteiger partial charge in [0, 0.05) is 11.0 Å². The van der Waals surface area contributed by atoms with Crippen molar-refractivity contribution in [2.75, 3.05) is 13.2 Å². The van der Waals surface area contributed by atoms with E-state index >= 15 is 0 Å². The minimum atomic E-state index is -0.644. The van der Waals surface area contributed by atoms with Crippen molar-refractivity contribution in [3.8, 4) is 11.3 Å². The first-order valence-corrected chi connectivity index (χ1v) is 7.04. The maximum atomic E-state index is 10.2.